The van der Waals surface area contributed by atoms with Gasteiger partial charge in [-0.3, -0.25) is 4.79 Å². The lowest BCUT2D eigenvalue weighted by atomic mass is 9.81. The molecule has 2 nitrogen and oxygen atoms in total. The van der Waals surface area contributed by atoms with Crippen molar-refractivity contribution in [2.24, 2.45) is 10.8 Å². The lowest BCUT2D eigenvalue weighted by Crippen LogP contribution is -2.50. The van der Waals surface area contributed by atoms with E-state index in [1.165, 1.54) is 5.57 Å². The van der Waals surface area contributed by atoms with Gasteiger partial charge in [-0.1, -0.05) is 53.7 Å². The number of hydrogen-bond acceptors (Lipinski definition) is 2. The van der Waals surface area contributed by atoms with Gasteiger partial charge in [0.25, 0.3) is 0 Å². The molecule has 0 aromatic rings. The molecule has 124 valence electrons. The Morgan fingerprint density at radius 2 is 1.43 bits per heavy atom. The number of Topliss-reactive ketones (excluding diaryl/α,β-unsaturated/α-hetero) is 1. The lowest BCUT2D eigenvalue weighted by Gasteiger charge is -2.32. The number of nitrogens with one attached hydrogen (secondary N) is 1. The first-order chi connectivity index (χ1) is 9.14. The van der Waals surface area contributed by atoms with Crippen LogP contribution in [0, 0.1) is 10.8 Å². The van der Waals surface area contributed by atoms with Crippen LogP contribution in [0.25, 0.3) is 0 Å². The molecular formula is C19H37NO. The Morgan fingerprint density at radius 3 is 1.76 bits per heavy atom. The predicted octanol–water partition coefficient (Wildman–Crippen LogP) is 5.13. The van der Waals surface area contributed by atoms with E-state index in [-0.39, 0.29) is 22.4 Å². The minimum absolute atomic E-state index is 0.0490. The third-order valence-electron chi connectivity index (χ3n) is 3.69. The Morgan fingerprint density at radius 1 is 0.952 bits per heavy atom. The molecule has 21 heavy (non-hydrogen) atoms. The smallest absolute Gasteiger partial charge is 0.155 e. The minimum Gasteiger partial charge on any atom is -0.303 e. The highest BCUT2D eigenvalue weighted by atomic mass is 16.1. The Labute approximate surface area is 132 Å². The van der Waals surface area contributed by atoms with Gasteiger partial charge in [-0.05, 0) is 45.4 Å². The molecule has 0 rings (SSSR count). The maximum Gasteiger partial charge on any atom is 0.155 e. The summed E-state index contributed by atoms with van der Waals surface area (Å²) in [6, 6.07) is -0.0715. The highest BCUT2D eigenvalue weighted by Gasteiger charge is 2.31. The zero-order valence-electron chi connectivity index (χ0n) is 15.8. The third kappa shape index (κ3) is 8.40. The molecule has 1 unspecified atom stereocenters. The zero-order valence-corrected chi connectivity index (χ0v) is 15.8. The fraction of sp³-hybridized carbons (Fsp3) is 0.842. The zero-order chi connectivity index (χ0) is 17.1. The van der Waals surface area contributed by atoms with Crippen molar-refractivity contribution in [3.8, 4) is 0 Å². The fourth-order valence-corrected chi connectivity index (χ4v) is 2.21. The molecule has 0 aromatic carbocycles. The molecule has 0 saturated carbocycles. The van der Waals surface area contributed by atoms with Crippen LogP contribution >= 0.6 is 0 Å². The van der Waals surface area contributed by atoms with Crippen LogP contribution in [-0.2, 0) is 4.79 Å². The second-order valence-corrected chi connectivity index (χ2v) is 9.31. The van der Waals surface area contributed by atoms with Crippen LogP contribution in [0.5, 0.6) is 0 Å². The maximum absolute atomic E-state index is 12.6. The van der Waals surface area contributed by atoms with Crippen molar-refractivity contribution in [3.05, 3.63) is 12.2 Å². The van der Waals surface area contributed by atoms with Crippen molar-refractivity contribution in [2.45, 2.75) is 93.2 Å². The summed E-state index contributed by atoms with van der Waals surface area (Å²) in [5.41, 5.74) is 1.07. The van der Waals surface area contributed by atoms with Crippen molar-refractivity contribution in [1.29, 1.82) is 0 Å². The number of allylic oxidation sites excluding steroid dienone is 1. The highest BCUT2D eigenvalue weighted by molar-refractivity contribution is 5.88. The van der Waals surface area contributed by atoms with E-state index >= 15 is 0 Å². The first-order valence-corrected chi connectivity index (χ1v) is 8.15. The summed E-state index contributed by atoms with van der Waals surface area (Å²) < 4.78 is 0. The van der Waals surface area contributed by atoms with Gasteiger partial charge in [0.15, 0.2) is 5.78 Å². The van der Waals surface area contributed by atoms with Crippen LogP contribution in [0.1, 0.15) is 81.6 Å². The third-order valence-corrected chi connectivity index (χ3v) is 3.69. The summed E-state index contributed by atoms with van der Waals surface area (Å²) in [4.78, 5) is 12.6. The number of carbonyl (C=O) groups excluding carboxylic acids is 1. The first-order valence-electron chi connectivity index (χ1n) is 8.15. The average molecular weight is 296 g/mol. The van der Waals surface area contributed by atoms with Gasteiger partial charge < -0.3 is 5.32 Å². The van der Waals surface area contributed by atoms with Crippen molar-refractivity contribution < 1.29 is 4.79 Å². The lowest BCUT2D eigenvalue weighted by molar-refractivity contribution is -0.129. The predicted molar refractivity (Wildman–Crippen MR) is 93.6 cm³/mol. The summed E-state index contributed by atoms with van der Waals surface area (Å²) in [6.07, 6.45) is 2.87. The topological polar surface area (TPSA) is 29.1 Å². The summed E-state index contributed by atoms with van der Waals surface area (Å²) in [6.45, 7) is 23.1. The van der Waals surface area contributed by atoms with Crippen LogP contribution < -0.4 is 5.32 Å². The van der Waals surface area contributed by atoms with E-state index in [0.717, 1.165) is 19.3 Å². The van der Waals surface area contributed by atoms with Gasteiger partial charge in [-0.15, -0.1) is 0 Å². The second kappa shape index (κ2) is 7.09. The average Bonchev–Trinajstić information content (AvgIpc) is 2.22. The summed E-state index contributed by atoms with van der Waals surface area (Å²) in [5.74, 6) is 0.304. The van der Waals surface area contributed by atoms with E-state index in [0.29, 0.717) is 5.78 Å². The standard InChI is InChI=1S/C19H37NO/c1-14(17(2,3)4)12-11-13-15(20-19(8,9)10)16(21)18(5,6)7/h15,20H,1,11-13H2,2-10H3. The molecule has 0 heterocycles. The number of hydrogen-bond donors (Lipinski definition) is 1. The molecule has 0 aliphatic carbocycles. The SMILES string of the molecule is C=C(CCCC(NC(C)(C)C)C(=O)C(C)(C)C)C(C)(C)C. The van der Waals surface area contributed by atoms with Gasteiger partial charge in [0.1, 0.15) is 0 Å². The van der Waals surface area contributed by atoms with E-state index in [1.807, 2.05) is 20.8 Å². The molecule has 0 spiro atoms. The monoisotopic (exact) mass is 295 g/mol. The number of carbonyl (C=O) groups is 1. The maximum atomic E-state index is 12.6. The van der Waals surface area contributed by atoms with Gasteiger partial charge in [-0.25, -0.2) is 0 Å². The number of rotatable bonds is 6. The minimum atomic E-state index is -0.302. The van der Waals surface area contributed by atoms with Crippen molar-refractivity contribution >= 4 is 5.78 Å². The van der Waals surface area contributed by atoms with Crippen molar-refractivity contribution in [3.63, 3.8) is 0 Å². The van der Waals surface area contributed by atoms with Crippen molar-refractivity contribution in [2.75, 3.05) is 0 Å². The normalized spacial score (nSPS) is 14.9. The van der Waals surface area contributed by atoms with E-state index < -0.39 is 0 Å². The molecule has 0 radical (unpaired) electrons. The molecule has 1 atom stereocenters. The van der Waals surface area contributed by atoms with Crippen LogP contribution in [0.2, 0.25) is 0 Å². The first kappa shape index (κ1) is 20.4. The van der Waals surface area contributed by atoms with E-state index in [2.05, 4.69) is 53.4 Å². The quantitative estimate of drug-likeness (QED) is 0.688. The van der Waals surface area contributed by atoms with E-state index in [4.69, 9.17) is 0 Å². The highest BCUT2D eigenvalue weighted by Crippen LogP contribution is 2.28. The van der Waals surface area contributed by atoms with Gasteiger partial charge >= 0.3 is 0 Å². The molecule has 1 N–H and O–H groups in total. The molecular weight excluding hydrogens is 258 g/mol. The van der Waals surface area contributed by atoms with Crippen molar-refractivity contribution in [1.82, 2.24) is 5.32 Å². The molecule has 0 saturated heterocycles. The molecule has 0 amide bonds. The summed E-state index contributed by atoms with van der Waals surface area (Å²) >= 11 is 0. The molecule has 2 heteroatoms. The van der Waals surface area contributed by atoms with E-state index in [9.17, 15) is 4.79 Å². The number of ketones is 1. The summed E-state index contributed by atoms with van der Waals surface area (Å²) in [7, 11) is 0. The molecule has 0 bridgehead atoms. The fourth-order valence-electron chi connectivity index (χ4n) is 2.21. The summed E-state index contributed by atoms with van der Waals surface area (Å²) in [5, 5.41) is 3.50. The van der Waals surface area contributed by atoms with Crippen LogP contribution in [0.4, 0.5) is 0 Å². The Balaban J connectivity index is 4.72. The molecule has 0 fully saturated rings. The van der Waals surface area contributed by atoms with Gasteiger partial charge in [0, 0.05) is 11.0 Å². The molecule has 0 aromatic heterocycles. The largest absolute Gasteiger partial charge is 0.303 e. The Kier molecular flexibility index (Phi) is 6.87. The van der Waals surface area contributed by atoms with Gasteiger partial charge in [0.05, 0.1) is 6.04 Å². The van der Waals surface area contributed by atoms with Gasteiger partial charge in [-0.2, -0.15) is 0 Å². The van der Waals surface area contributed by atoms with Crippen LogP contribution in [-0.4, -0.2) is 17.4 Å². The van der Waals surface area contributed by atoms with E-state index in [1.54, 1.807) is 0 Å². The molecule has 0 aliphatic heterocycles. The second-order valence-electron chi connectivity index (χ2n) is 9.31. The molecule has 0 aliphatic rings. The Hall–Kier alpha value is -0.630. The van der Waals surface area contributed by atoms with Gasteiger partial charge in [0.2, 0.25) is 0 Å². The Bertz CT molecular complexity index is 360. The van der Waals surface area contributed by atoms with Crippen LogP contribution in [0.3, 0.4) is 0 Å². The van der Waals surface area contributed by atoms with Crippen LogP contribution in [0.15, 0.2) is 12.2 Å².